The highest BCUT2D eigenvalue weighted by Crippen LogP contribution is 2.30. The zero-order chi connectivity index (χ0) is 18.1. The molecule has 1 aromatic heterocycles. The molecule has 26 heavy (non-hydrogen) atoms. The SMILES string of the molecule is CC(C)c1cc(C(=O)N2C[C@@H]3CC[C@H](C2)N(Cc2ccccc2)C3)on1. The minimum Gasteiger partial charge on any atom is -0.351 e. The van der Waals surface area contributed by atoms with Crippen LogP contribution in [0.5, 0.6) is 0 Å². The fraction of sp³-hybridized carbons (Fsp3) is 0.524. The van der Waals surface area contributed by atoms with E-state index in [-0.39, 0.29) is 11.8 Å². The zero-order valence-corrected chi connectivity index (χ0v) is 15.6. The standard InChI is InChI=1S/C21H27N3O2/c1-15(2)19-10-20(26-22-19)21(25)24-13-17-8-9-18(14-24)23(12-17)11-16-6-4-3-5-7-16/h3-7,10,15,17-18H,8-9,11-14H2,1-2H3/t17-,18-/m1/s1. The molecule has 3 aliphatic heterocycles. The molecule has 0 unspecified atom stereocenters. The van der Waals surface area contributed by atoms with Crippen molar-refractivity contribution in [1.82, 2.24) is 15.0 Å². The highest BCUT2D eigenvalue weighted by molar-refractivity contribution is 5.91. The van der Waals surface area contributed by atoms with Gasteiger partial charge in [0, 0.05) is 38.3 Å². The summed E-state index contributed by atoms with van der Waals surface area (Å²) in [7, 11) is 0. The smallest absolute Gasteiger partial charge is 0.292 e. The number of rotatable bonds is 4. The van der Waals surface area contributed by atoms with Crippen molar-refractivity contribution in [1.29, 1.82) is 0 Å². The lowest BCUT2D eigenvalue weighted by molar-refractivity contribution is 0.0694. The second-order valence-electron chi connectivity index (χ2n) is 7.99. The normalized spacial score (nSPS) is 23.4. The minimum absolute atomic E-state index is 0.0112. The predicted molar refractivity (Wildman–Crippen MR) is 99.9 cm³/mol. The number of nitrogens with zero attached hydrogens (tertiary/aromatic N) is 3. The van der Waals surface area contributed by atoms with Crippen LogP contribution < -0.4 is 0 Å². The average Bonchev–Trinajstić information content (AvgIpc) is 2.97. The summed E-state index contributed by atoms with van der Waals surface area (Å²) in [5, 5.41) is 4.05. The number of carbonyl (C=O) groups is 1. The van der Waals surface area contributed by atoms with Crippen LogP contribution in [0.4, 0.5) is 0 Å². The van der Waals surface area contributed by atoms with Gasteiger partial charge in [-0.2, -0.15) is 0 Å². The van der Waals surface area contributed by atoms with Crippen LogP contribution in [0.25, 0.3) is 0 Å². The fourth-order valence-electron chi connectivity index (χ4n) is 4.17. The van der Waals surface area contributed by atoms with Crippen molar-refractivity contribution in [3.8, 4) is 0 Å². The molecule has 5 heteroatoms. The van der Waals surface area contributed by atoms with E-state index in [0.717, 1.165) is 38.3 Å². The van der Waals surface area contributed by atoms with Gasteiger partial charge in [-0.3, -0.25) is 9.69 Å². The molecular formula is C21H27N3O2. The van der Waals surface area contributed by atoms with Crippen molar-refractivity contribution in [3.63, 3.8) is 0 Å². The first-order valence-electron chi connectivity index (χ1n) is 9.64. The molecule has 0 radical (unpaired) electrons. The van der Waals surface area contributed by atoms with Crippen LogP contribution in [0.2, 0.25) is 0 Å². The lowest BCUT2D eigenvalue weighted by Gasteiger charge is -2.36. The topological polar surface area (TPSA) is 49.6 Å². The largest absolute Gasteiger partial charge is 0.351 e. The van der Waals surface area contributed by atoms with Crippen LogP contribution in [0.1, 0.15) is 54.4 Å². The second-order valence-corrected chi connectivity index (χ2v) is 7.99. The number of amides is 1. The number of hydrogen-bond acceptors (Lipinski definition) is 4. The Morgan fingerprint density at radius 3 is 2.73 bits per heavy atom. The van der Waals surface area contributed by atoms with E-state index in [0.29, 0.717) is 17.7 Å². The molecule has 3 aliphatic rings. The third-order valence-electron chi connectivity index (χ3n) is 5.67. The van der Waals surface area contributed by atoms with Crippen molar-refractivity contribution in [3.05, 3.63) is 53.4 Å². The van der Waals surface area contributed by atoms with Crippen molar-refractivity contribution < 1.29 is 9.32 Å². The van der Waals surface area contributed by atoms with Crippen molar-refractivity contribution in [2.75, 3.05) is 19.6 Å². The monoisotopic (exact) mass is 353 g/mol. The van der Waals surface area contributed by atoms with Crippen LogP contribution in [-0.2, 0) is 6.54 Å². The molecule has 0 aliphatic carbocycles. The van der Waals surface area contributed by atoms with Crippen LogP contribution in [0.15, 0.2) is 40.9 Å². The van der Waals surface area contributed by atoms with E-state index in [2.05, 4.69) is 54.2 Å². The summed E-state index contributed by atoms with van der Waals surface area (Å²) in [6.45, 7) is 7.73. The minimum atomic E-state index is -0.0112. The maximum Gasteiger partial charge on any atom is 0.292 e. The Balaban J connectivity index is 1.47. The van der Waals surface area contributed by atoms with E-state index < -0.39 is 0 Å². The van der Waals surface area contributed by atoms with Crippen molar-refractivity contribution in [2.24, 2.45) is 5.92 Å². The lowest BCUT2D eigenvalue weighted by atomic mass is 9.94. The van der Waals surface area contributed by atoms with Crippen LogP contribution >= 0.6 is 0 Å². The molecule has 2 bridgehead atoms. The van der Waals surface area contributed by atoms with Crippen LogP contribution in [0, 0.1) is 5.92 Å². The molecule has 0 N–H and O–H groups in total. The Bertz CT molecular complexity index is 756. The highest BCUT2D eigenvalue weighted by Gasteiger charge is 2.37. The maximum absolute atomic E-state index is 12.9. The number of piperidine rings is 1. The van der Waals surface area contributed by atoms with Gasteiger partial charge in [0.15, 0.2) is 0 Å². The molecule has 1 aromatic carbocycles. The summed E-state index contributed by atoms with van der Waals surface area (Å²) >= 11 is 0. The second kappa shape index (κ2) is 7.23. The molecule has 1 amide bonds. The van der Waals surface area contributed by atoms with E-state index >= 15 is 0 Å². The van der Waals surface area contributed by atoms with Gasteiger partial charge in [0.2, 0.25) is 5.76 Å². The summed E-state index contributed by atoms with van der Waals surface area (Å²) in [6.07, 6.45) is 2.36. The Morgan fingerprint density at radius 2 is 2.00 bits per heavy atom. The quantitative estimate of drug-likeness (QED) is 0.844. The molecule has 0 saturated carbocycles. The summed E-state index contributed by atoms with van der Waals surface area (Å²) in [5.41, 5.74) is 2.19. The Kier molecular flexibility index (Phi) is 4.81. The molecule has 2 aromatic rings. The van der Waals surface area contributed by atoms with E-state index in [4.69, 9.17) is 4.52 Å². The Labute approximate surface area is 155 Å². The van der Waals surface area contributed by atoms with Gasteiger partial charge in [-0.15, -0.1) is 0 Å². The predicted octanol–water partition coefficient (Wildman–Crippen LogP) is 3.53. The molecule has 4 heterocycles. The molecule has 2 atom stereocenters. The van der Waals surface area contributed by atoms with Crippen molar-refractivity contribution in [2.45, 2.75) is 45.2 Å². The third kappa shape index (κ3) is 3.54. The van der Waals surface area contributed by atoms with Gasteiger partial charge in [0.05, 0.1) is 5.69 Å². The molecule has 0 spiro atoms. The molecule has 3 saturated heterocycles. The van der Waals surface area contributed by atoms with Gasteiger partial charge in [0.25, 0.3) is 5.91 Å². The average molecular weight is 353 g/mol. The van der Waals surface area contributed by atoms with Gasteiger partial charge < -0.3 is 9.42 Å². The molecular weight excluding hydrogens is 326 g/mol. The first kappa shape index (κ1) is 17.3. The van der Waals surface area contributed by atoms with Gasteiger partial charge in [-0.25, -0.2) is 0 Å². The van der Waals surface area contributed by atoms with Crippen molar-refractivity contribution >= 4 is 5.91 Å². The van der Waals surface area contributed by atoms with E-state index in [1.807, 2.05) is 11.0 Å². The molecule has 5 nitrogen and oxygen atoms in total. The molecule has 138 valence electrons. The summed E-state index contributed by atoms with van der Waals surface area (Å²) in [5.74, 6) is 1.17. The maximum atomic E-state index is 12.9. The molecule has 5 rings (SSSR count). The highest BCUT2D eigenvalue weighted by atomic mass is 16.5. The third-order valence-corrected chi connectivity index (χ3v) is 5.67. The summed E-state index contributed by atoms with van der Waals surface area (Å²) < 4.78 is 5.34. The van der Waals surface area contributed by atoms with E-state index in [9.17, 15) is 4.79 Å². The van der Waals surface area contributed by atoms with Gasteiger partial charge >= 0.3 is 0 Å². The first-order chi connectivity index (χ1) is 12.6. The summed E-state index contributed by atoms with van der Waals surface area (Å²) in [4.78, 5) is 17.5. The fourth-order valence-corrected chi connectivity index (χ4v) is 4.17. The Morgan fingerprint density at radius 1 is 1.19 bits per heavy atom. The first-order valence-corrected chi connectivity index (χ1v) is 9.64. The number of benzene rings is 1. The van der Waals surface area contributed by atoms with Crippen LogP contribution in [0.3, 0.4) is 0 Å². The van der Waals surface area contributed by atoms with Crippen LogP contribution in [-0.4, -0.2) is 46.5 Å². The van der Waals surface area contributed by atoms with E-state index in [1.165, 1.54) is 12.0 Å². The number of fused-ring (bicyclic) bond motifs is 4. The van der Waals surface area contributed by atoms with Gasteiger partial charge in [-0.1, -0.05) is 49.3 Å². The van der Waals surface area contributed by atoms with Gasteiger partial charge in [0.1, 0.15) is 0 Å². The molecule has 3 fully saturated rings. The lowest BCUT2D eigenvalue weighted by Crippen LogP contribution is -2.43. The summed E-state index contributed by atoms with van der Waals surface area (Å²) in [6, 6.07) is 12.8. The number of carbonyl (C=O) groups excluding carboxylic acids is 1. The Hall–Kier alpha value is -2.14. The van der Waals surface area contributed by atoms with E-state index in [1.54, 1.807) is 0 Å². The number of hydrogen-bond donors (Lipinski definition) is 0. The van der Waals surface area contributed by atoms with Gasteiger partial charge in [-0.05, 0) is 30.2 Å². The zero-order valence-electron chi connectivity index (χ0n) is 15.6. The number of aromatic nitrogens is 1.